The second-order valence-electron chi connectivity index (χ2n) is 1.26. The molecule has 0 bridgehead atoms. The van der Waals surface area contributed by atoms with E-state index in [0.717, 1.165) is 6.42 Å². The minimum Gasteiger partial charge on any atom is -0.372 e. The van der Waals surface area contributed by atoms with Crippen molar-refractivity contribution in [1.82, 2.24) is 0 Å². The third-order valence-electron chi connectivity index (χ3n) is 0. The molecule has 0 aromatic heterocycles. The fraction of sp³-hybridized carbons (Fsp3) is 0.600. The van der Waals surface area contributed by atoms with Crippen molar-refractivity contribution in [3.05, 3.63) is 13.8 Å². The van der Waals surface area contributed by atoms with Gasteiger partial charge in [0.2, 0.25) is 0 Å². The fourth-order valence-electron chi connectivity index (χ4n) is 0. The van der Waals surface area contributed by atoms with Gasteiger partial charge in [0.25, 0.3) is 0 Å². The number of hydrogen-bond donors (Lipinski definition) is 0. The fourth-order valence-corrected chi connectivity index (χ4v) is 0. The molecular formula is C5H13OPVWY2-2. The van der Waals surface area contributed by atoms with Gasteiger partial charge in [-0.25, -0.2) is 0 Å². The van der Waals surface area contributed by atoms with Crippen LogP contribution in [0.5, 0.6) is 0 Å². The standard InChI is InChI=1S/C3H6.C2H7OP.V.W.2Y/c1-3-2;1-4(2)3;;;;/h1-3H2;4H,1-2H3;;;;/q-2;;;;;. The van der Waals surface area contributed by atoms with Crippen LogP contribution in [0.4, 0.5) is 0 Å². The Morgan fingerprint density at radius 3 is 1.18 bits per heavy atom. The summed E-state index contributed by atoms with van der Waals surface area (Å²) in [6.07, 6.45) is 0.750. The molecule has 0 aromatic carbocycles. The van der Waals surface area contributed by atoms with Crippen molar-refractivity contribution >= 4 is 7.80 Å². The molecule has 3 radical (unpaired) electrons. The summed E-state index contributed by atoms with van der Waals surface area (Å²) in [4.78, 5) is 0. The summed E-state index contributed by atoms with van der Waals surface area (Å²) in [6, 6.07) is 0. The summed E-state index contributed by atoms with van der Waals surface area (Å²) in [7, 11) is -1.13. The van der Waals surface area contributed by atoms with Crippen LogP contribution in [0.2, 0.25) is 0 Å². The van der Waals surface area contributed by atoms with Gasteiger partial charge in [0.05, 0.1) is 7.80 Å². The molecule has 0 fully saturated rings. The number of rotatable bonds is 0. The maximum atomic E-state index is 9.63. The van der Waals surface area contributed by atoms with Gasteiger partial charge in [-0.3, -0.25) is 0 Å². The summed E-state index contributed by atoms with van der Waals surface area (Å²) < 4.78 is 9.63. The third-order valence-corrected chi connectivity index (χ3v) is 0. The predicted molar refractivity (Wildman–Crippen MR) is 36.2 cm³/mol. The second kappa shape index (κ2) is 37.3. The maximum Gasteiger partial charge on any atom is 0.0703 e. The zero-order valence-corrected chi connectivity index (χ0v) is 18.0. The van der Waals surface area contributed by atoms with Crippen LogP contribution in [0.15, 0.2) is 0 Å². The molecule has 0 aliphatic rings. The summed E-state index contributed by atoms with van der Waals surface area (Å²) >= 11 is 0. The van der Waals surface area contributed by atoms with Crippen LogP contribution in [0.1, 0.15) is 6.42 Å². The van der Waals surface area contributed by atoms with Gasteiger partial charge in [0.1, 0.15) is 0 Å². The molecule has 1 nitrogen and oxygen atoms in total. The van der Waals surface area contributed by atoms with E-state index in [4.69, 9.17) is 0 Å². The molecule has 0 saturated heterocycles. The first-order chi connectivity index (χ1) is 3.15. The van der Waals surface area contributed by atoms with E-state index in [1.807, 2.05) is 0 Å². The Labute approximate surface area is 148 Å². The topological polar surface area (TPSA) is 17.1 Å². The normalized spacial score (nSPS) is 4.82. The van der Waals surface area contributed by atoms with Crippen LogP contribution >= 0.6 is 7.80 Å². The molecular weight excluding hydrogens is 520 g/mol. The van der Waals surface area contributed by atoms with E-state index in [0.29, 0.717) is 0 Å². The van der Waals surface area contributed by atoms with Crippen molar-refractivity contribution in [2.75, 3.05) is 13.3 Å². The molecule has 0 aromatic rings. The van der Waals surface area contributed by atoms with Gasteiger partial charge in [-0.1, -0.05) is 0 Å². The molecule has 11 heavy (non-hydrogen) atoms. The first kappa shape index (κ1) is 36.4. The SMILES string of the molecule is C[PH](C)=O.[CH2-]C[CH2-].[V].[W].[Y].[Y]. The zero-order chi connectivity index (χ0) is 6.28. The smallest absolute Gasteiger partial charge is 0.0703 e. The van der Waals surface area contributed by atoms with Crippen LogP contribution in [-0.2, 0) is 110 Å². The van der Waals surface area contributed by atoms with Crippen molar-refractivity contribution in [2.45, 2.75) is 6.42 Å². The Morgan fingerprint density at radius 1 is 1.18 bits per heavy atom. The second-order valence-corrected chi connectivity index (χ2v) is 3.08. The van der Waals surface area contributed by atoms with Gasteiger partial charge in [-0.2, -0.15) is 0 Å². The van der Waals surface area contributed by atoms with E-state index in [-0.39, 0.29) is 105 Å². The number of hydrogen-bond acceptors (Lipinski definition) is 1. The van der Waals surface area contributed by atoms with Crippen LogP contribution in [0.25, 0.3) is 0 Å². The Hall–Kier alpha value is 3.71. The molecule has 0 saturated carbocycles. The minimum atomic E-state index is -1.13. The minimum absolute atomic E-state index is 0. The van der Waals surface area contributed by atoms with Crippen LogP contribution in [-0.4, -0.2) is 13.3 Å². The van der Waals surface area contributed by atoms with Crippen molar-refractivity contribution in [3.63, 3.8) is 0 Å². The van der Waals surface area contributed by atoms with Gasteiger partial charge in [0.15, 0.2) is 0 Å². The molecule has 0 N–H and O–H groups in total. The Bertz CT molecular complexity index is 55.7. The molecule has 0 spiro atoms. The van der Waals surface area contributed by atoms with Gasteiger partial charge in [-0.15, -0.1) is 0 Å². The van der Waals surface area contributed by atoms with Crippen LogP contribution < -0.4 is 0 Å². The van der Waals surface area contributed by atoms with Crippen molar-refractivity contribution in [3.8, 4) is 0 Å². The van der Waals surface area contributed by atoms with Gasteiger partial charge < -0.3 is 24.8 Å². The van der Waals surface area contributed by atoms with Crippen molar-refractivity contribution in [1.29, 1.82) is 0 Å². The predicted octanol–water partition coefficient (Wildman–Crippen LogP) is 1.84. The zero-order valence-electron chi connectivity index (χ0n) is 7.04. The summed E-state index contributed by atoms with van der Waals surface area (Å²) in [5, 5.41) is 0. The summed E-state index contributed by atoms with van der Waals surface area (Å²) in [5.41, 5.74) is 0. The van der Waals surface area contributed by atoms with Crippen molar-refractivity contribution < 1.29 is 110 Å². The van der Waals surface area contributed by atoms with E-state index in [1.165, 1.54) is 0 Å². The third kappa shape index (κ3) is 137. The first-order valence-electron chi connectivity index (χ1n) is 2.20. The molecule has 0 atom stereocenters. The maximum absolute atomic E-state index is 9.63. The first-order valence-corrected chi connectivity index (χ1v) is 4.61. The van der Waals surface area contributed by atoms with E-state index in [1.54, 1.807) is 13.3 Å². The Kier molecular flexibility index (Phi) is 123. The van der Waals surface area contributed by atoms with E-state index in [2.05, 4.69) is 13.8 Å². The van der Waals surface area contributed by atoms with Gasteiger partial charge >= 0.3 is 0 Å². The molecule has 0 aliphatic heterocycles. The van der Waals surface area contributed by atoms with Crippen LogP contribution in [0, 0.1) is 13.8 Å². The summed E-state index contributed by atoms with van der Waals surface area (Å²) in [6.45, 7) is 10.2. The molecule has 63 valence electrons. The average molecular weight is 533 g/mol. The average Bonchev–Trinajstić information content (AvgIpc) is 1.33. The summed E-state index contributed by atoms with van der Waals surface area (Å²) in [5.74, 6) is 0. The van der Waals surface area contributed by atoms with Crippen molar-refractivity contribution in [2.24, 2.45) is 0 Å². The quantitative estimate of drug-likeness (QED) is 0.344. The molecule has 0 unspecified atom stereocenters. The molecule has 0 heterocycles. The largest absolute Gasteiger partial charge is 0.372 e. The Balaban J connectivity index is -0.00000000848. The molecule has 0 amide bonds. The van der Waals surface area contributed by atoms with Gasteiger partial charge in [-0.05, 0) is 13.3 Å². The molecule has 0 aliphatic carbocycles. The van der Waals surface area contributed by atoms with E-state index in [9.17, 15) is 4.57 Å². The molecule has 6 heteroatoms. The molecule has 0 rings (SSSR count). The Morgan fingerprint density at radius 2 is 1.18 bits per heavy atom. The van der Waals surface area contributed by atoms with E-state index < -0.39 is 7.80 Å². The van der Waals surface area contributed by atoms with E-state index >= 15 is 0 Å². The van der Waals surface area contributed by atoms with Gasteiger partial charge in [0, 0.05) is 105 Å². The monoisotopic (exact) mass is 533 g/mol. The van der Waals surface area contributed by atoms with Crippen LogP contribution in [0.3, 0.4) is 0 Å².